The van der Waals surface area contributed by atoms with E-state index in [1.54, 1.807) is 6.92 Å². The molecular formula is C26H33N3O3S. The molecule has 0 aromatic heterocycles. The molecule has 3 aliphatic rings. The third kappa shape index (κ3) is 4.46. The summed E-state index contributed by atoms with van der Waals surface area (Å²) in [6.45, 7) is 5.13. The van der Waals surface area contributed by atoms with Gasteiger partial charge >= 0.3 is 0 Å². The summed E-state index contributed by atoms with van der Waals surface area (Å²) in [6.07, 6.45) is 5.35. The molecule has 7 heteroatoms. The van der Waals surface area contributed by atoms with E-state index in [0.717, 1.165) is 49.9 Å². The normalized spacial score (nSPS) is 23.5. The summed E-state index contributed by atoms with van der Waals surface area (Å²) in [4.78, 5) is 17.2. The molecule has 176 valence electrons. The highest BCUT2D eigenvalue weighted by molar-refractivity contribution is 7.89. The van der Waals surface area contributed by atoms with E-state index in [4.69, 9.17) is 0 Å². The van der Waals surface area contributed by atoms with Crippen molar-refractivity contribution in [2.24, 2.45) is 0 Å². The summed E-state index contributed by atoms with van der Waals surface area (Å²) < 4.78 is 26.6. The van der Waals surface area contributed by atoms with Gasteiger partial charge in [0, 0.05) is 36.3 Å². The first-order chi connectivity index (χ1) is 16.0. The van der Waals surface area contributed by atoms with Crippen molar-refractivity contribution in [2.45, 2.75) is 50.6 Å². The minimum atomic E-state index is -3.22. The first-order valence-electron chi connectivity index (χ1n) is 12.1. The van der Waals surface area contributed by atoms with Gasteiger partial charge in [-0.25, -0.2) is 13.1 Å². The van der Waals surface area contributed by atoms with Crippen molar-refractivity contribution in [3.05, 3.63) is 64.7 Å². The molecule has 2 fully saturated rings. The number of anilines is 1. The second-order valence-corrected chi connectivity index (χ2v) is 11.6. The number of hydrogen-bond donors (Lipinski definition) is 1. The molecule has 0 unspecified atom stereocenters. The van der Waals surface area contributed by atoms with E-state index in [1.165, 1.54) is 23.1 Å². The number of sulfonamides is 1. The van der Waals surface area contributed by atoms with Crippen molar-refractivity contribution >= 4 is 22.0 Å². The first kappa shape index (κ1) is 22.6. The smallest absolute Gasteiger partial charge is 0.211 e. The fourth-order valence-electron chi connectivity index (χ4n) is 5.73. The van der Waals surface area contributed by atoms with E-state index in [2.05, 4.69) is 50.9 Å². The van der Waals surface area contributed by atoms with Gasteiger partial charge in [-0.1, -0.05) is 36.4 Å². The molecule has 0 spiro atoms. The highest BCUT2D eigenvalue weighted by Crippen LogP contribution is 2.43. The molecule has 1 aliphatic carbocycles. The fourth-order valence-corrected chi connectivity index (χ4v) is 6.55. The van der Waals surface area contributed by atoms with Crippen LogP contribution < -0.4 is 9.62 Å². The third-order valence-corrected chi connectivity index (χ3v) is 9.08. The van der Waals surface area contributed by atoms with Crippen molar-refractivity contribution in [3.8, 4) is 0 Å². The van der Waals surface area contributed by atoms with Crippen LogP contribution in [0.1, 0.15) is 52.7 Å². The number of rotatable bonds is 8. The summed E-state index contributed by atoms with van der Waals surface area (Å²) >= 11 is 0. The molecule has 0 saturated carbocycles. The van der Waals surface area contributed by atoms with E-state index < -0.39 is 10.0 Å². The van der Waals surface area contributed by atoms with Crippen LogP contribution >= 0.6 is 0 Å². The van der Waals surface area contributed by atoms with Crippen LogP contribution in [0.25, 0.3) is 0 Å². The molecule has 2 aromatic rings. The minimum Gasteiger partial charge on any atom is -0.368 e. The number of hydrogen-bond acceptors (Lipinski definition) is 5. The lowest BCUT2D eigenvalue weighted by molar-refractivity contribution is 0.0871. The zero-order valence-electron chi connectivity index (χ0n) is 19.2. The number of benzene rings is 2. The van der Waals surface area contributed by atoms with Crippen molar-refractivity contribution in [1.29, 1.82) is 0 Å². The van der Waals surface area contributed by atoms with Crippen LogP contribution in [0.15, 0.2) is 42.5 Å². The van der Waals surface area contributed by atoms with Crippen molar-refractivity contribution < 1.29 is 13.2 Å². The van der Waals surface area contributed by atoms with E-state index in [0.29, 0.717) is 19.1 Å². The van der Waals surface area contributed by atoms with Crippen LogP contribution in [0, 0.1) is 0 Å². The van der Waals surface area contributed by atoms with Crippen molar-refractivity contribution in [1.82, 2.24) is 9.62 Å². The van der Waals surface area contributed by atoms with Gasteiger partial charge < -0.3 is 4.90 Å². The van der Waals surface area contributed by atoms with Crippen LogP contribution in [0.4, 0.5) is 5.69 Å². The summed E-state index contributed by atoms with van der Waals surface area (Å²) in [5.41, 5.74) is 5.56. The average Bonchev–Trinajstić information content (AvgIpc) is 2.76. The van der Waals surface area contributed by atoms with Gasteiger partial charge in [-0.2, -0.15) is 0 Å². The Morgan fingerprint density at radius 2 is 1.85 bits per heavy atom. The molecule has 1 N–H and O–H groups in total. The summed E-state index contributed by atoms with van der Waals surface area (Å²) in [5, 5.41) is 0. The zero-order chi connectivity index (χ0) is 23.0. The van der Waals surface area contributed by atoms with Gasteiger partial charge in [-0.3, -0.25) is 9.69 Å². The second kappa shape index (κ2) is 9.20. The topological polar surface area (TPSA) is 69.7 Å². The highest BCUT2D eigenvalue weighted by Gasteiger charge is 2.39. The number of aldehydes is 1. The van der Waals surface area contributed by atoms with Gasteiger partial charge in [0.05, 0.1) is 11.8 Å². The molecule has 2 aliphatic heterocycles. The van der Waals surface area contributed by atoms with E-state index in [9.17, 15) is 13.2 Å². The van der Waals surface area contributed by atoms with E-state index in [1.807, 2.05) is 6.07 Å². The van der Waals surface area contributed by atoms with Gasteiger partial charge in [0.1, 0.15) is 0 Å². The molecule has 0 radical (unpaired) electrons. The van der Waals surface area contributed by atoms with Gasteiger partial charge in [0.25, 0.3) is 0 Å². The molecular weight excluding hydrogens is 434 g/mol. The third-order valence-electron chi connectivity index (χ3n) is 7.62. The first-order valence-corrected chi connectivity index (χ1v) is 13.8. The predicted octanol–water partition coefficient (Wildman–Crippen LogP) is 2.97. The van der Waals surface area contributed by atoms with Crippen LogP contribution in [0.2, 0.25) is 0 Å². The molecule has 0 bridgehead atoms. The lowest BCUT2D eigenvalue weighted by Crippen LogP contribution is -2.60. The Labute approximate surface area is 197 Å². The molecule has 6 nitrogen and oxygen atoms in total. The maximum absolute atomic E-state index is 12.5. The average molecular weight is 468 g/mol. The van der Waals surface area contributed by atoms with Gasteiger partial charge in [0.15, 0.2) is 6.29 Å². The molecule has 0 amide bonds. The number of nitrogens with zero attached hydrogens (tertiary/aromatic N) is 2. The Balaban J connectivity index is 1.46. The Morgan fingerprint density at radius 3 is 2.48 bits per heavy atom. The van der Waals surface area contributed by atoms with Crippen LogP contribution in [-0.4, -0.2) is 63.6 Å². The monoisotopic (exact) mass is 467 g/mol. The molecule has 33 heavy (non-hydrogen) atoms. The molecule has 2 atom stereocenters. The molecule has 5 rings (SSSR count). The number of aryl methyl sites for hydroxylation is 1. The lowest BCUT2D eigenvalue weighted by Gasteiger charge is -2.47. The van der Waals surface area contributed by atoms with Crippen molar-refractivity contribution in [2.75, 3.05) is 36.8 Å². The second-order valence-electron chi connectivity index (χ2n) is 9.60. The lowest BCUT2D eigenvalue weighted by atomic mass is 9.72. The Hall–Kier alpha value is -2.22. The standard InChI is InChI=1S/C26H33N3O3S/c1-2-33(31,32)27-21-16-29(17-21)25-12-10-20-9-11-24(28-13-6-14-28)22(26(20)23(25)18-30)15-19-7-4-3-5-8-19/h3-5,7-8,10,12,18,21-22,24,27H,2,6,9,11,13-17H2,1H3/t22-,24-/m0/s1. The van der Waals surface area contributed by atoms with E-state index in [-0.39, 0.29) is 17.7 Å². The minimum absolute atomic E-state index is 0.0843. The van der Waals surface area contributed by atoms with Crippen LogP contribution in [0.5, 0.6) is 0 Å². The molecule has 2 heterocycles. The zero-order valence-corrected chi connectivity index (χ0v) is 20.1. The van der Waals surface area contributed by atoms with Crippen molar-refractivity contribution in [3.63, 3.8) is 0 Å². The Morgan fingerprint density at radius 1 is 1.09 bits per heavy atom. The number of fused-ring (bicyclic) bond motifs is 1. The quantitative estimate of drug-likeness (QED) is 0.605. The van der Waals surface area contributed by atoms with Gasteiger partial charge in [-0.05, 0) is 68.5 Å². The number of carbonyl (C=O) groups is 1. The maximum atomic E-state index is 12.5. The summed E-state index contributed by atoms with van der Waals surface area (Å²) in [6, 6.07) is 15.2. The number of likely N-dealkylation sites (tertiary alicyclic amines) is 1. The largest absolute Gasteiger partial charge is 0.368 e. The Kier molecular flexibility index (Phi) is 6.29. The molecule has 2 aromatic carbocycles. The van der Waals surface area contributed by atoms with Gasteiger partial charge in [0.2, 0.25) is 10.0 Å². The highest BCUT2D eigenvalue weighted by atomic mass is 32.2. The SMILES string of the molecule is CCS(=O)(=O)NC1CN(c2ccc3c(c2C=O)[C@@H](Cc2ccccc2)[C@@H](N2CCC2)CC3)C1. The maximum Gasteiger partial charge on any atom is 0.211 e. The summed E-state index contributed by atoms with van der Waals surface area (Å²) in [7, 11) is -3.22. The Bertz CT molecular complexity index is 1110. The number of carbonyl (C=O) groups excluding carboxylic acids is 1. The van der Waals surface area contributed by atoms with Crippen LogP contribution in [0.3, 0.4) is 0 Å². The van der Waals surface area contributed by atoms with Gasteiger partial charge in [-0.15, -0.1) is 0 Å². The predicted molar refractivity (Wildman–Crippen MR) is 132 cm³/mol. The fraction of sp³-hybridized carbons (Fsp3) is 0.500. The van der Waals surface area contributed by atoms with E-state index >= 15 is 0 Å². The summed E-state index contributed by atoms with van der Waals surface area (Å²) in [5.74, 6) is 0.369. The van der Waals surface area contributed by atoms with Crippen LogP contribution in [-0.2, 0) is 22.9 Å². The number of nitrogens with one attached hydrogen (secondary N) is 1. The molecule has 2 saturated heterocycles.